The van der Waals surface area contributed by atoms with Gasteiger partial charge in [-0.15, -0.1) is 0 Å². The van der Waals surface area contributed by atoms with Gasteiger partial charge in [0.2, 0.25) is 11.8 Å². The number of aromatic nitrogens is 1. The monoisotopic (exact) mass is 219 g/mol. The zero-order valence-corrected chi connectivity index (χ0v) is 8.99. The number of amides is 2. The summed E-state index contributed by atoms with van der Waals surface area (Å²) in [4.78, 5) is 26.7. The van der Waals surface area contributed by atoms with E-state index in [0.717, 1.165) is 5.56 Å². The van der Waals surface area contributed by atoms with Crippen molar-refractivity contribution in [3.05, 3.63) is 24.0 Å². The number of anilines is 1. The quantitative estimate of drug-likeness (QED) is 0.759. The molecule has 16 heavy (non-hydrogen) atoms. The molecule has 2 amide bonds. The summed E-state index contributed by atoms with van der Waals surface area (Å²) in [7, 11) is 0. The Morgan fingerprint density at radius 3 is 3.06 bits per heavy atom. The number of hydrogen-bond donors (Lipinski definition) is 2. The number of nitrogens with one attached hydrogen (secondary N) is 2. The predicted molar refractivity (Wildman–Crippen MR) is 58.7 cm³/mol. The summed E-state index contributed by atoms with van der Waals surface area (Å²) in [5.74, 6) is -0.468. The first-order chi connectivity index (χ1) is 7.66. The average Bonchev–Trinajstić information content (AvgIpc) is 2.68. The van der Waals surface area contributed by atoms with E-state index in [1.807, 2.05) is 13.0 Å². The van der Waals surface area contributed by atoms with Crippen molar-refractivity contribution in [2.24, 2.45) is 5.92 Å². The fourth-order valence-electron chi connectivity index (χ4n) is 1.62. The molecule has 2 N–H and O–H groups in total. The van der Waals surface area contributed by atoms with Gasteiger partial charge in [-0.05, 0) is 18.6 Å². The Balaban J connectivity index is 2.03. The van der Waals surface area contributed by atoms with E-state index in [4.69, 9.17) is 0 Å². The van der Waals surface area contributed by atoms with Crippen molar-refractivity contribution < 1.29 is 9.59 Å². The molecular formula is C11H13N3O2. The first kappa shape index (κ1) is 10.6. The minimum atomic E-state index is -0.271. The van der Waals surface area contributed by atoms with Crippen LogP contribution in [-0.2, 0) is 9.59 Å². The van der Waals surface area contributed by atoms with E-state index >= 15 is 0 Å². The molecule has 1 aliphatic heterocycles. The van der Waals surface area contributed by atoms with Crippen molar-refractivity contribution in [1.29, 1.82) is 0 Å². The summed E-state index contributed by atoms with van der Waals surface area (Å²) in [6, 6.07) is 1.83. The maximum Gasteiger partial charge on any atom is 0.229 e. The minimum Gasteiger partial charge on any atom is -0.355 e. The lowest BCUT2D eigenvalue weighted by atomic mass is 10.1. The lowest BCUT2D eigenvalue weighted by molar-refractivity contribution is -0.123. The van der Waals surface area contributed by atoms with Crippen molar-refractivity contribution in [3.63, 3.8) is 0 Å². The van der Waals surface area contributed by atoms with Crippen molar-refractivity contribution in [2.45, 2.75) is 13.3 Å². The Bertz CT molecular complexity index is 431. The van der Waals surface area contributed by atoms with Crippen LogP contribution in [0.25, 0.3) is 0 Å². The maximum atomic E-state index is 11.8. The fourth-order valence-corrected chi connectivity index (χ4v) is 1.62. The van der Waals surface area contributed by atoms with Gasteiger partial charge in [0.25, 0.3) is 0 Å². The lowest BCUT2D eigenvalue weighted by Crippen LogP contribution is -2.25. The summed E-state index contributed by atoms with van der Waals surface area (Å²) >= 11 is 0. The number of hydrogen-bond acceptors (Lipinski definition) is 3. The van der Waals surface area contributed by atoms with Gasteiger partial charge in [-0.1, -0.05) is 0 Å². The molecule has 2 heterocycles. The second-order valence-corrected chi connectivity index (χ2v) is 3.88. The maximum absolute atomic E-state index is 11.8. The largest absolute Gasteiger partial charge is 0.355 e. The van der Waals surface area contributed by atoms with Crippen molar-refractivity contribution in [1.82, 2.24) is 10.3 Å². The molecule has 1 aromatic heterocycles. The van der Waals surface area contributed by atoms with Crippen LogP contribution in [0.2, 0.25) is 0 Å². The van der Waals surface area contributed by atoms with Crippen LogP contribution < -0.4 is 10.6 Å². The van der Waals surface area contributed by atoms with Gasteiger partial charge in [0.05, 0.1) is 17.8 Å². The van der Waals surface area contributed by atoms with Gasteiger partial charge in [0.1, 0.15) is 0 Å². The topological polar surface area (TPSA) is 71.1 Å². The van der Waals surface area contributed by atoms with Crippen molar-refractivity contribution in [3.8, 4) is 0 Å². The zero-order chi connectivity index (χ0) is 11.5. The van der Waals surface area contributed by atoms with Crippen LogP contribution in [0.15, 0.2) is 18.5 Å². The van der Waals surface area contributed by atoms with Gasteiger partial charge in [-0.3, -0.25) is 14.6 Å². The molecule has 2 rings (SSSR count). The van der Waals surface area contributed by atoms with Crippen LogP contribution in [0, 0.1) is 12.8 Å². The Kier molecular flexibility index (Phi) is 2.85. The SMILES string of the molecule is Cc1ccncc1NC(=O)C1CNC(=O)C1. The first-order valence-corrected chi connectivity index (χ1v) is 5.15. The number of carbonyl (C=O) groups is 2. The van der Waals surface area contributed by atoms with Gasteiger partial charge in [-0.25, -0.2) is 0 Å². The smallest absolute Gasteiger partial charge is 0.229 e. The fraction of sp³-hybridized carbons (Fsp3) is 0.364. The van der Waals surface area contributed by atoms with Gasteiger partial charge in [0, 0.05) is 19.2 Å². The first-order valence-electron chi connectivity index (χ1n) is 5.15. The Morgan fingerprint density at radius 1 is 1.62 bits per heavy atom. The molecule has 1 aromatic rings. The van der Waals surface area contributed by atoms with Gasteiger partial charge in [0.15, 0.2) is 0 Å². The molecular weight excluding hydrogens is 206 g/mol. The van der Waals surface area contributed by atoms with E-state index in [0.29, 0.717) is 12.2 Å². The lowest BCUT2D eigenvalue weighted by Gasteiger charge is -2.10. The molecule has 0 radical (unpaired) electrons. The number of nitrogens with zero attached hydrogens (tertiary/aromatic N) is 1. The third-order valence-corrected chi connectivity index (χ3v) is 2.65. The summed E-state index contributed by atoms with van der Waals surface area (Å²) in [5, 5.41) is 5.41. The van der Waals surface area contributed by atoms with Gasteiger partial charge < -0.3 is 10.6 Å². The second kappa shape index (κ2) is 4.30. The summed E-state index contributed by atoms with van der Waals surface area (Å²) in [6.45, 7) is 2.32. The molecule has 1 fully saturated rings. The van der Waals surface area contributed by atoms with Crippen molar-refractivity contribution >= 4 is 17.5 Å². The highest BCUT2D eigenvalue weighted by Crippen LogP contribution is 2.15. The molecule has 0 saturated carbocycles. The third kappa shape index (κ3) is 2.18. The molecule has 1 aliphatic rings. The highest BCUT2D eigenvalue weighted by molar-refractivity contribution is 5.97. The van der Waals surface area contributed by atoms with E-state index in [9.17, 15) is 9.59 Å². The number of pyridine rings is 1. The molecule has 84 valence electrons. The highest BCUT2D eigenvalue weighted by Gasteiger charge is 2.27. The van der Waals surface area contributed by atoms with E-state index in [1.165, 1.54) is 0 Å². The van der Waals surface area contributed by atoms with Crippen LogP contribution >= 0.6 is 0 Å². The van der Waals surface area contributed by atoms with Gasteiger partial charge in [-0.2, -0.15) is 0 Å². The highest BCUT2D eigenvalue weighted by atomic mass is 16.2. The predicted octanol–water partition coefficient (Wildman–Crippen LogP) is 0.465. The average molecular weight is 219 g/mol. The van der Waals surface area contributed by atoms with Crippen LogP contribution in [0.5, 0.6) is 0 Å². The van der Waals surface area contributed by atoms with Crippen LogP contribution in [0.4, 0.5) is 5.69 Å². The standard InChI is InChI=1S/C11H13N3O2/c1-7-2-3-12-6-9(7)14-11(16)8-4-10(15)13-5-8/h2-3,6,8H,4-5H2,1H3,(H,13,15)(H,14,16). The van der Waals surface area contributed by atoms with Crippen LogP contribution in [0.3, 0.4) is 0 Å². The summed E-state index contributed by atoms with van der Waals surface area (Å²) < 4.78 is 0. The van der Waals surface area contributed by atoms with E-state index < -0.39 is 0 Å². The molecule has 1 unspecified atom stereocenters. The van der Waals surface area contributed by atoms with E-state index in [-0.39, 0.29) is 24.2 Å². The summed E-state index contributed by atoms with van der Waals surface area (Å²) in [5.41, 5.74) is 1.66. The van der Waals surface area contributed by atoms with E-state index in [1.54, 1.807) is 12.4 Å². The second-order valence-electron chi connectivity index (χ2n) is 3.88. The molecule has 0 aliphatic carbocycles. The zero-order valence-electron chi connectivity index (χ0n) is 8.99. The van der Waals surface area contributed by atoms with Crippen LogP contribution in [-0.4, -0.2) is 23.3 Å². The Labute approximate surface area is 93.3 Å². The van der Waals surface area contributed by atoms with E-state index in [2.05, 4.69) is 15.6 Å². The van der Waals surface area contributed by atoms with Crippen LogP contribution in [0.1, 0.15) is 12.0 Å². The van der Waals surface area contributed by atoms with Crippen molar-refractivity contribution in [2.75, 3.05) is 11.9 Å². The molecule has 5 heteroatoms. The van der Waals surface area contributed by atoms with Gasteiger partial charge >= 0.3 is 0 Å². The Hall–Kier alpha value is -1.91. The summed E-state index contributed by atoms with van der Waals surface area (Å²) in [6.07, 6.45) is 3.55. The molecule has 5 nitrogen and oxygen atoms in total. The third-order valence-electron chi connectivity index (χ3n) is 2.65. The normalized spacial score (nSPS) is 19.3. The molecule has 1 saturated heterocycles. The number of aryl methyl sites for hydroxylation is 1. The molecule has 0 aromatic carbocycles. The Morgan fingerprint density at radius 2 is 2.44 bits per heavy atom. The molecule has 1 atom stereocenters. The molecule has 0 spiro atoms. The molecule has 0 bridgehead atoms. The number of rotatable bonds is 2. The minimum absolute atomic E-state index is 0.0666. The number of carbonyl (C=O) groups excluding carboxylic acids is 2.